The van der Waals surface area contributed by atoms with Gasteiger partial charge in [0.25, 0.3) is 0 Å². The number of hydrogen-bond donors (Lipinski definition) is 1. The fourth-order valence-electron chi connectivity index (χ4n) is 1.71. The van der Waals surface area contributed by atoms with Crippen LogP contribution < -0.4 is 5.32 Å². The Morgan fingerprint density at radius 1 is 1.59 bits per heavy atom. The minimum atomic E-state index is 0.510. The molecule has 1 aromatic heterocycles. The van der Waals surface area contributed by atoms with Crippen LogP contribution in [0.1, 0.15) is 19.4 Å². The van der Waals surface area contributed by atoms with Gasteiger partial charge in [0, 0.05) is 44.5 Å². The molecule has 1 N–H and O–H groups in total. The van der Waals surface area contributed by atoms with Crippen molar-refractivity contribution in [2.24, 2.45) is 7.05 Å². The number of hydrogen-bond acceptors (Lipinski definition) is 3. The topological polar surface area (TPSA) is 33.1 Å². The van der Waals surface area contributed by atoms with E-state index in [4.69, 9.17) is 0 Å². The van der Waals surface area contributed by atoms with Crippen LogP contribution >= 0.6 is 0 Å². The van der Waals surface area contributed by atoms with E-state index in [0.29, 0.717) is 6.04 Å². The summed E-state index contributed by atoms with van der Waals surface area (Å²) in [5.41, 5.74) is 2.45. The highest BCUT2D eigenvalue weighted by molar-refractivity contribution is 5.05. The minimum Gasteiger partial charge on any atom is -0.311 e. The van der Waals surface area contributed by atoms with Gasteiger partial charge in [-0.3, -0.25) is 9.58 Å². The van der Waals surface area contributed by atoms with Crippen LogP contribution in [0.15, 0.2) is 24.5 Å². The first-order chi connectivity index (χ1) is 7.97. The average molecular weight is 236 g/mol. The Morgan fingerprint density at radius 3 is 2.82 bits per heavy atom. The van der Waals surface area contributed by atoms with Crippen LogP contribution in [-0.4, -0.2) is 40.9 Å². The van der Waals surface area contributed by atoms with Crippen molar-refractivity contribution in [1.82, 2.24) is 20.0 Å². The molecule has 0 aliphatic carbocycles. The number of rotatable bonds is 7. The van der Waals surface area contributed by atoms with Crippen molar-refractivity contribution >= 4 is 0 Å². The molecule has 0 aliphatic rings. The van der Waals surface area contributed by atoms with E-state index in [2.05, 4.69) is 42.8 Å². The molecule has 1 aromatic rings. The van der Waals surface area contributed by atoms with E-state index in [1.807, 2.05) is 24.1 Å². The highest BCUT2D eigenvalue weighted by atomic mass is 15.2. The number of nitrogens with zero attached hydrogens (tertiary/aromatic N) is 3. The zero-order valence-corrected chi connectivity index (χ0v) is 11.4. The Kier molecular flexibility index (Phi) is 5.38. The molecule has 4 nitrogen and oxygen atoms in total. The summed E-state index contributed by atoms with van der Waals surface area (Å²) in [5.74, 6) is 0. The molecular formula is C13H24N4. The number of likely N-dealkylation sites (N-methyl/N-ethyl adjacent to an activating group) is 1. The van der Waals surface area contributed by atoms with Crippen molar-refractivity contribution in [1.29, 1.82) is 0 Å². The number of aryl methyl sites for hydroxylation is 1. The second kappa shape index (κ2) is 6.57. The maximum atomic E-state index is 4.16. The van der Waals surface area contributed by atoms with Gasteiger partial charge in [-0.15, -0.1) is 0 Å². The van der Waals surface area contributed by atoms with Gasteiger partial charge < -0.3 is 5.32 Å². The monoisotopic (exact) mass is 236 g/mol. The maximum absolute atomic E-state index is 4.16. The molecule has 1 heterocycles. The molecule has 0 aliphatic heterocycles. The van der Waals surface area contributed by atoms with E-state index in [1.165, 1.54) is 11.1 Å². The molecule has 0 bridgehead atoms. The molecule has 4 heteroatoms. The SMILES string of the molecule is C=C(CNC(C)C)CN(C)Cc1cnn(C)c1. The van der Waals surface area contributed by atoms with Gasteiger partial charge in [0.15, 0.2) is 0 Å². The highest BCUT2D eigenvalue weighted by Crippen LogP contribution is 2.03. The van der Waals surface area contributed by atoms with E-state index in [9.17, 15) is 0 Å². The van der Waals surface area contributed by atoms with Crippen LogP contribution in [0.5, 0.6) is 0 Å². The van der Waals surface area contributed by atoms with Crippen LogP contribution in [-0.2, 0) is 13.6 Å². The molecule has 0 atom stereocenters. The van der Waals surface area contributed by atoms with Crippen LogP contribution in [0, 0.1) is 0 Å². The molecular weight excluding hydrogens is 212 g/mol. The Balaban J connectivity index is 2.29. The molecule has 0 saturated heterocycles. The van der Waals surface area contributed by atoms with Gasteiger partial charge in [-0.05, 0) is 12.6 Å². The third-order valence-electron chi connectivity index (χ3n) is 2.46. The smallest absolute Gasteiger partial charge is 0.0534 e. The lowest BCUT2D eigenvalue weighted by molar-refractivity contribution is 0.351. The predicted molar refractivity (Wildman–Crippen MR) is 71.8 cm³/mol. The van der Waals surface area contributed by atoms with Crippen molar-refractivity contribution in [3.63, 3.8) is 0 Å². The zero-order chi connectivity index (χ0) is 12.8. The van der Waals surface area contributed by atoms with Crippen molar-refractivity contribution in [2.45, 2.75) is 26.4 Å². The van der Waals surface area contributed by atoms with Crippen molar-refractivity contribution < 1.29 is 0 Å². The Morgan fingerprint density at radius 2 is 2.29 bits per heavy atom. The third-order valence-corrected chi connectivity index (χ3v) is 2.46. The van der Waals surface area contributed by atoms with Gasteiger partial charge in [-0.2, -0.15) is 5.10 Å². The first-order valence-corrected chi connectivity index (χ1v) is 6.03. The van der Waals surface area contributed by atoms with Gasteiger partial charge >= 0.3 is 0 Å². The lowest BCUT2D eigenvalue weighted by atomic mass is 10.2. The molecule has 0 radical (unpaired) electrons. The summed E-state index contributed by atoms with van der Waals surface area (Å²) in [4.78, 5) is 2.25. The summed E-state index contributed by atoms with van der Waals surface area (Å²) >= 11 is 0. The van der Waals surface area contributed by atoms with Crippen molar-refractivity contribution in [3.05, 3.63) is 30.1 Å². The molecule has 0 fully saturated rings. The Bertz CT molecular complexity index is 354. The van der Waals surface area contributed by atoms with Crippen LogP contribution in [0.4, 0.5) is 0 Å². The summed E-state index contributed by atoms with van der Waals surface area (Å²) in [5, 5.41) is 7.54. The van der Waals surface area contributed by atoms with Crippen molar-refractivity contribution in [2.75, 3.05) is 20.1 Å². The molecule has 17 heavy (non-hydrogen) atoms. The predicted octanol–water partition coefficient (Wildman–Crippen LogP) is 1.41. The molecule has 1 rings (SSSR count). The fraction of sp³-hybridized carbons (Fsp3) is 0.615. The average Bonchev–Trinajstić information content (AvgIpc) is 2.60. The van der Waals surface area contributed by atoms with E-state index in [0.717, 1.165) is 19.6 Å². The van der Waals surface area contributed by atoms with E-state index in [-0.39, 0.29) is 0 Å². The Hall–Kier alpha value is -1.13. The summed E-state index contributed by atoms with van der Waals surface area (Å²) < 4.78 is 1.83. The fourth-order valence-corrected chi connectivity index (χ4v) is 1.71. The summed E-state index contributed by atoms with van der Waals surface area (Å²) in [6.45, 7) is 11.1. The molecule has 0 saturated carbocycles. The normalized spacial score (nSPS) is 11.4. The molecule has 0 unspecified atom stereocenters. The largest absolute Gasteiger partial charge is 0.311 e. The maximum Gasteiger partial charge on any atom is 0.0534 e. The Labute approximate surface area is 104 Å². The van der Waals surface area contributed by atoms with E-state index in [1.54, 1.807) is 0 Å². The first-order valence-electron chi connectivity index (χ1n) is 6.03. The van der Waals surface area contributed by atoms with Crippen molar-refractivity contribution in [3.8, 4) is 0 Å². The summed E-state index contributed by atoms with van der Waals surface area (Å²) in [7, 11) is 4.04. The van der Waals surface area contributed by atoms with Crippen LogP contribution in [0.3, 0.4) is 0 Å². The third kappa shape index (κ3) is 5.65. The second-order valence-corrected chi connectivity index (χ2v) is 4.98. The van der Waals surface area contributed by atoms with Crippen LogP contribution in [0.25, 0.3) is 0 Å². The van der Waals surface area contributed by atoms with Gasteiger partial charge in [0.1, 0.15) is 0 Å². The molecule has 0 amide bonds. The lowest BCUT2D eigenvalue weighted by Crippen LogP contribution is -2.29. The van der Waals surface area contributed by atoms with Gasteiger partial charge in [-0.1, -0.05) is 20.4 Å². The molecule has 0 aromatic carbocycles. The van der Waals surface area contributed by atoms with E-state index < -0.39 is 0 Å². The molecule has 96 valence electrons. The molecule has 0 spiro atoms. The van der Waals surface area contributed by atoms with Crippen LogP contribution in [0.2, 0.25) is 0 Å². The summed E-state index contributed by atoms with van der Waals surface area (Å²) in [6, 6.07) is 0.510. The second-order valence-electron chi connectivity index (χ2n) is 4.98. The minimum absolute atomic E-state index is 0.510. The summed E-state index contributed by atoms with van der Waals surface area (Å²) in [6.07, 6.45) is 3.96. The first kappa shape index (κ1) is 13.9. The number of aromatic nitrogens is 2. The van der Waals surface area contributed by atoms with Gasteiger partial charge in [-0.25, -0.2) is 0 Å². The highest BCUT2D eigenvalue weighted by Gasteiger charge is 2.04. The standard InChI is InChI=1S/C13H24N4/c1-11(2)14-6-12(3)8-16(4)9-13-7-15-17(5)10-13/h7,10-11,14H,3,6,8-9H2,1-2,4-5H3. The van der Waals surface area contributed by atoms with Gasteiger partial charge in [0.2, 0.25) is 0 Å². The lowest BCUT2D eigenvalue weighted by Gasteiger charge is -2.18. The zero-order valence-electron chi connectivity index (χ0n) is 11.4. The number of nitrogens with one attached hydrogen (secondary N) is 1. The quantitative estimate of drug-likeness (QED) is 0.727. The van der Waals surface area contributed by atoms with Gasteiger partial charge in [0.05, 0.1) is 6.20 Å². The van der Waals surface area contributed by atoms with E-state index >= 15 is 0 Å².